The van der Waals surface area contributed by atoms with Crippen LogP contribution in [0.1, 0.15) is 26.3 Å². The van der Waals surface area contributed by atoms with Gasteiger partial charge in [-0.2, -0.15) is 0 Å². The van der Waals surface area contributed by atoms with Gasteiger partial charge < -0.3 is 9.47 Å². The Labute approximate surface area is 114 Å². The van der Waals surface area contributed by atoms with Crippen LogP contribution >= 0.6 is 0 Å². The first-order chi connectivity index (χ1) is 9.09. The fourth-order valence-electron chi connectivity index (χ4n) is 2.53. The average molecular weight is 266 g/mol. The molecule has 1 aromatic carbocycles. The molecule has 1 aliphatic rings. The van der Waals surface area contributed by atoms with Crippen LogP contribution in [-0.4, -0.2) is 19.1 Å². The van der Waals surface area contributed by atoms with Crippen LogP contribution in [-0.2, 0) is 16.1 Å². The molecule has 0 spiro atoms. The molecular formula is C16H23FO2. The van der Waals surface area contributed by atoms with Crippen molar-refractivity contribution in [2.75, 3.05) is 6.61 Å². The fourth-order valence-corrected chi connectivity index (χ4v) is 2.53. The summed E-state index contributed by atoms with van der Waals surface area (Å²) in [6.45, 7) is 7.12. The summed E-state index contributed by atoms with van der Waals surface area (Å²) in [6, 6.07) is 9.99. The molecule has 1 fully saturated rings. The number of halogens is 1. The number of rotatable bonds is 4. The van der Waals surface area contributed by atoms with Crippen molar-refractivity contribution in [3.8, 4) is 0 Å². The Balaban J connectivity index is 1.82. The van der Waals surface area contributed by atoms with Crippen molar-refractivity contribution in [3.63, 3.8) is 0 Å². The molecule has 1 aromatic rings. The van der Waals surface area contributed by atoms with E-state index in [-0.39, 0.29) is 12.0 Å². The zero-order chi connectivity index (χ0) is 13.8. The van der Waals surface area contributed by atoms with Crippen molar-refractivity contribution in [1.82, 2.24) is 0 Å². The third-order valence-electron chi connectivity index (χ3n) is 4.36. The Morgan fingerprint density at radius 2 is 1.74 bits per heavy atom. The van der Waals surface area contributed by atoms with E-state index in [2.05, 4.69) is 13.8 Å². The molecular weight excluding hydrogens is 243 g/mol. The van der Waals surface area contributed by atoms with Gasteiger partial charge in [-0.05, 0) is 17.4 Å². The molecule has 0 aliphatic carbocycles. The first-order valence-corrected chi connectivity index (χ1v) is 7.00. The quantitative estimate of drug-likeness (QED) is 0.825. The molecule has 0 amide bonds. The second kappa shape index (κ2) is 6.49. The molecule has 2 rings (SSSR count). The Morgan fingerprint density at radius 3 is 2.42 bits per heavy atom. The lowest BCUT2D eigenvalue weighted by atomic mass is 9.79. The van der Waals surface area contributed by atoms with Crippen molar-refractivity contribution < 1.29 is 13.9 Å². The molecule has 2 unspecified atom stereocenters. The summed E-state index contributed by atoms with van der Waals surface area (Å²) in [5.41, 5.74) is 1.13. The van der Waals surface area contributed by atoms with Gasteiger partial charge in [0, 0.05) is 5.92 Å². The van der Waals surface area contributed by atoms with Gasteiger partial charge in [0.1, 0.15) is 0 Å². The van der Waals surface area contributed by atoms with Crippen molar-refractivity contribution in [2.45, 2.75) is 39.8 Å². The van der Waals surface area contributed by atoms with E-state index in [0.717, 1.165) is 5.56 Å². The third kappa shape index (κ3) is 3.54. The first-order valence-electron chi connectivity index (χ1n) is 7.00. The van der Waals surface area contributed by atoms with E-state index in [1.807, 2.05) is 37.3 Å². The number of ether oxygens (including phenoxy) is 2. The van der Waals surface area contributed by atoms with Crippen molar-refractivity contribution in [1.29, 1.82) is 0 Å². The van der Waals surface area contributed by atoms with E-state index >= 15 is 0 Å². The Bertz CT molecular complexity index is 382. The number of hydrogen-bond acceptors (Lipinski definition) is 2. The highest BCUT2D eigenvalue weighted by Crippen LogP contribution is 2.35. The lowest BCUT2D eigenvalue weighted by Crippen LogP contribution is -2.44. The van der Waals surface area contributed by atoms with Gasteiger partial charge in [0.25, 0.3) is 0 Å². The second-order valence-corrected chi connectivity index (χ2v) is 5.60. The molecule has 0 saturated carbocycles. The van der Waals surface area contributed by atoms with Gasteiger partial charge in [0.2, 0.25) is 6.36 Å². The maximum atomic E-state index is 13.7. The van der Waals surface area contributed by atoms with E-state index in [1.54, 1.807) is 0 Å². The normalized spacial score (nSPS) is 35.3. The molecule has 0 aromatic heterocycles. The molecule has 1 aliphatic heterocycles. The predicted molar refractivity (Wildman–Crippen MR) is 73.4 cm³/mol. The highest BCUT2D eigenvalue weighted by molar-refractivity contribution is 5.13. The van der Waals surface area contributed by atoms with Crippen LogP contribution in [0.25, 0.3) is 0 Å². The molecule has 2 nitrogen and oxygen atoms in total. The van der Waals surface area contributed by atoms with Gasteiger partial charge in [-0.1, -0.05) is 51.1 Å². The molecule has 0 bridgehead atoms. The molecule has 1 heterocycles. The molecule has 106 valence electrons. The van der Waals surface area contributed by atoms with Gasteiger partial charge in [-0.15, -0.1) is 0 Å². The molecule has 1 saturated heterocycles. The topological polar surface area (TPSA) is 18.5 Å². The summed E-state index contributed by atoms with van der Waals surface area (Å²) in [5.74, 6) is 0.590. The Morgan fingerprint density at radius 1 is 1.05 bits per heavy atom. The molecule has 0 N–H and O–H groups in total. The summed E-state index contributed by atoms with van der Waals surface area (Å²) in [5, 5.41) is 0. The van der Waals surface area contributed by atoms with Crippen LogP contribution in [0.2, 0.25) is 0 Å². The first kappa shape index (κ1) is 14.5. The van der Waals surface area contributed by atoms with Gasteiger partial charge in [-0.3, -0.25) is 0 Å². The van der Waals surface area contributed by atoms with Crippen LogP contribution in [0.15, 0.2) is 30.3 Å². The van der Waals surface area contributed by atoms with Crippen LogP contribution in [0.3, 0.4) is 0 Å². The largest absolute Gasteiger partial charge is 0.374 e. The maximum Gasteiger partial charge on any atom is 0.201 e. The third-order valence-corrected chi connectivity index (χ3v) is 4.36. The SMILES string of the molecule is CC1[C@H](F)OC(COCc2ccccc2)[C@H](C)[C@@H]1C. The van der Waals surface area contributed by atoms with Gasteiger partial charge >= 0.3 is 0 Å². The van der Waals surface area contributed by atoms with Crippen molar-refractivity contribution in [3.05, 3.63) is 35.9 Å². The summed E-state index contributed by atoms with van der Waals surface area (Å²) < 4.78 is 24.8. The molecule has 0 radical (unpaired) electrons. The zero-order valence-corrected chi connectivity index (χ0v) is 11.9. The monoisotopic (exact) mass is 266 g/mol. The van der Waals surface area contributed by atoms with E-state index in [4.69, 9.17) is 9.47 Å². The molecule has 5 atom stereocenters. The van der Waals surface area contributed by atoms with Crippen molar-refractivity contribution in [2.24, 2.45) is 17.8 Å². The van der Waals surface area contributed by atoms with Crippen LogP contribution < -0.4 is 0 Å². The lowest BCUT2D eigenvalue weighted by Gasteiger charge is -2.40. The van der Waals surface area contributed by atoms with Crippen molar-refractivity contribution >= 4 is 0 Å². The van der Waals surface area contributed by atoms with E-state index < -0.39 is 6.36 Å². The molecule has 3 heteroatoms. The minimum atomic E-state index is -1.17. The fraction of sp³-hybridized carbons (Fsp3) is 0.625. The van der Waals surface area contributed by atoms with Gasteiger partial charge in [0.15, 0.2) is 0 Å². The number of benzene rings is 1. The minimum absolute atomic E-state index is 0.0413. The number of alkyl halides is 1. The Hall–Kier alpha value is -0.930. The van der Waals surface area contributed by atoms with E-state index in [9.17, 15) is 4.39 Å². The second-order valence-electron chi connectivity index (χ2n) is 5.60. The minimum Gasteiger partial charge on any atom is -0.374 e. The van der Waals surface area contributed by atoms with E-state index in [1.165, 1.54) is 0 Å². The van der Waals surface area contributed by atoms with E-state index in [0.29, 0.717) is 25.0 Å². The Kier molecular flexibility index (Phi) is 4.94. The van der Waals surface area contributed by atoms with Gasteiger partial charge in [-0.25, -0.2) is 4.39 Å². The smallest absolute Gasteiger partial charge is 0.201 e. The molecule has 19 heavy (non-hydrogen) atoms. The maximum absolute atomic E-state index is 13.7. The predicted octanol–water partition coefficient (Wildman–Crippen LogP) is 3.81. The highest BCUT2D eigenvalue weighted by Gasteiger charge is 2.39. The standard InChI is InChI=1S/C16H23FO2/c1-11-12(2)15(19-16(17)13(11)3)10-18-9-14-7-5-4-6-8-14/h4-8,11-13,15-16H,9-10H2,1-3H3/t11-,12+,13?,15?,16+/m0/s1. The summed E-state index contributed by atoms with van der Waals surface area (Å²) in [7, 11) is 0. The summed E-state index contributed by atoms with van der Waals surface area (Å²) >= 11 is 0. The zero-order valence-electron chi connectivity index (χ0n) is 11.9. The lowest BCUT2D eigenvalue weighted by molar-refractivity contribution is -0.203. The number of hydrogen-bond donors (Lipinski definition) is 0. The van der Waals surface area contributed by atoms with Crippen LogP contribution in [0.5, 0.6) is 0 Å². The highest BCUT2D eigenvalue weighted by atomic mass is 19.1. The average Bonchev–Trinajstić information content (AvgIpc) is 2.43. The van der Waals surface area contributed by atoms with Gasteiger partial charge in [0.05, 0.1) is 19.3 Å². The van der Waals surface area contributed by atoms with Crippen LogP contribution in [0, 0.1) is 17.8 Å². The van der Waals surface area contributed by atoms with Crippen LogP contribution in [0.4, 0.5) is 4.39 Å². The summed E-state index contributed by atoms with van der Waals surface area (Å²) in [4.78, 5) is 0. The summed E-state index contributed by atoms with van der Waals surface area (Å²) in [6.07, 6.45) is -1.32.